The topological polar surface area (TPSA) is 50.1 Å². The molecule has 2 aliphatic carbocycles. The third kappa shape index (κ3) is 3.16. The van der Waals surface area contributed by atoms with Gasteiger partial charge in [0.15, 0.2) is 0 Å². The van der Waals surface area contributed by atoms with Crippen molar-refractivity contribution in [3.63, 3.8) is 0 Å². The first-order chi connectivity index (χ1) is 10.2. The van der Waals surface area contributed by atoms with Crippen molar-refractivity contribution in [2.24, 2.45) is 17.8 Å². The second-order valence-electron chi connectivity index (χ2n) is 7.00. The van der Waals surface area contributed by atoms with Gasteiger partial charge < -0.3 is 10.4 Å². The summed E-state index contributed by atoms with van der Waals surface area (Å²) >= 11 is 0. The van der Waals surface area contributed by atoms with E-state index in [-0.39, 0.29) is 6.61 Å². The smallest absolute Gasteiger partial charge is 0.0644 e. The first-order valence-corrected chi connectivity index (χ1v) is 8.53. The fourth-order valence-corrected chi connectivity index (χ4v) is 4.53. The first kappa shape index (κ1) is 15.0. The largest absolute Gasteiger partial charge is 0.394 e. The summed E-state index contributed by atoms with van der Waals surface area (Å²) in [5.74, 6) is 3.07. The third-order valence-corrected chi connectivity index (χ3v) is 5.72. The van der Waals surface area contributed by atoms with Crippen molar-refractivity contribution in [1.82, 2.24) is 15.1 Å². The number of nitrogens with one attached hydrogen (secondary N) is 1. The summed E-state index contributed by atoms with van der Waals surface area (Å²) in [6.07, 6.45) is 7.32. The number of aliphatic hydroxyl groups excluding tert-OH is 1. The van der Waals surface area contributed by atoms with Gasteiger partial charge in [0.25, 0.3) is 0 Å². The van der Waals surface area contributed by atoms with Crippen LogP contribution in [0.5, 0.6) is 0 Å². The Morgan fingerprint density at radius 3 is 2.81 bits per heavy atom. The molecule has 1 heterocycles. The van der Waals surface area contributed by atoms with Crippen LogP contribution in [0.4, 0.5) is 0 Å². The van der Waals surface area contributed by atoms with E-state index in [0.717, 1.165) is 36.5 Å². The molecule has 3 rings (SSSR count). The highest BCUT2D eigenvalue weighted by atomic mass is 16.3. The van der Waals surface area contributed by atoms with E-state index in [2.05, 4.69) is 24.3 Å². The van der Waals surface area contributed by atoms with Gasteiger partial charge in [-0.3, -0.25) is 4.68 Å². The van der Waals surface area contributed by atoms with E-state index in [1.807, 2.05) is 4.68 Å². The molecule has 4 heteroatoms. The summed E-state index contributed by atoms with van der Waals surface area (Å²) < 4.78 is 1.92. The van der Waals surface area contributed by atoms with Gasteiger partial charge in [-0.15, -0.1) is 0 Å². The Bertz CT molecular complexity index is 483. The molecular formula is C17H29N3O. The van der Waals surface area contributed by atoms with Gasteiger partial charge in [-0.25, -0.2) is 0 Å². The molecule has 21 heavy (non-hydrogen) atoms. The van der Waals surface area contributed by atoms with Crippen LogP contribution < -0.4 is 5.32 Å². The Morgan fingerprint density at radius 2 is 2.14 bits per heavy atom. The van der Waals surface area contributed by atoms with Crippen LogP contribution in [0.3, 0.4) is 0 Å². The lowest BCUT2D eigenvalue weighted by Crippen LogP contribution is -2.21. The van der Waals surface area contributed by atoms with Crippen LogP contribution in [0.1, 0.15) is 49.1 Å². The summed E-state index contributed by atoms with van der Waals surface area (Å²) in [7, 11) is 0. The predicted octanol–water partition coefficient (Wildman–Crippen LogP) is 2.41. The fraction of sp³-hybridized carbons (Fsp3) is 0.824. The van der Waals surface area contributed by atoms with E-state index >= 15 is 0 Å². The number of aliphatic hydroxyl groups is 1. The van der Waals surface area contributed by atoms with Crippen LogP contribution in [0.25, 0.3) is 0 Å². The molecule has 0 saturated heterocycles. The number of nitrogens with zero attached hydrogens (tertiary/aromatic N) is 2. The molecule has 2 bridgehead atoms. The van der Waals surface area contributed by atoms with E-state index < -0.39 is 0 Å². The summed E-state index contributed by atoms with van der Waals surface area (Å²) in [5.41, 5.74) is 3.58. The number of fused-ring (bicyclic) bond motifs is 2. The molecule has 0 radical (unpaired) electrons. The molecule has 3 unspecified atom stereocenters. The van der Waals surface area contributed by atoms with Gasteiger partial charge in [0, 0.05) is 17.8 Å². The molecule has 2 aliphatic rings. The normalized spacial score (nSPS) is 27.7. The minimum absolute atomic E-state index is 0.152. The zero-order valence-corrected chi connectivity index (χ0v) is 13.4. The lowest BCUT2D eigenvalue weighted by atomic mass is 9.86. The van der Waals surface area contributed by atoms with Crippen molar-refractivity contribution in [2.75, 3.05) is 13.2 Å². The summed E-state index contributed by atoms with van der Waals surface area (Å²) in [6.45, 7) is 6.94. The lowest BCUT2D eigenvalue weighted by molar-refractivity contribution is 0.267. The van der Waals surface area contributed by atoms with E-state index in [9.17, 15) is 0 Å². The molecule has 118 valence electrons. The fourth-order valence-electron chi connectivity index (χ4n) is 4.53. The third-order valence-electron chi connectivity index (χ3n) is 5.72. The highest BCUT2D eigenvalue weighted by Crippen LogP contribution is 2.49. The van der Waals surface area contributed by atoms with Gasteiger partial charge in [-0.1, -0.05) is 6.42 Å². The van der Waals surface area contributed by atoms with Crippen molar-refractivity contribution >= 4 is 0 Å². The number of aromatic nitrogens is 2. The highest BCUT2D eigenvalue weighted by molar-refractivity contribution is 5.24. The molecule has 0 amide bonds. The zero-order valence-electron chi connectivity index (χ0n) is 13.4. The van der Waals surface area contributed by atoms with Crippen molar-refractivity contribution in [2.45, 2.75) is 59.0 Å². The maximum atomic E-state index is 9.05. The second-order valence-corrected chi connectivity index (χ2v) is 7.00. The molecule has 1 aromatic heterocycles. The van der Waals surface area contributed by atoms with Crippen LogP contribution in [-0.2, 0) is 13.1 Å². The Morgan fingerprint density at radius 1 is 1.29 bits per heavy atom. The van der Waals surface area contributed by atoms with Crippen LogP contribution in [-0.4, -0.2) is 28.0 Å². The van der Waals surface area contributed by atoms with E-state index in [1.54, 1.807) is 0 Å². The van der Waals surface area contributed by atoms with Crippen LogP contribution in [0.2, 0.25) is 0 Å². The van der Waals surface area contributed by atoms with E-state index in [1.165, 1.54) is 43.4 Å². The molecule has 0 aromatic carbocycles. The van der Waals surface area contributed by atoms with Crippen molar-refractivity contribution < 1.29 is 5.11 Å². The SMILES string of the molecule is Cc1nn(CCO)c(C)c1CNCCC1CC2CCC1C2. The van der Waals surface area contributed by atoms with Crippen LogP contribution in [0.15, 0.2) is 0 Å². The van der Waals surface area contributed by atoms with E-state index in [0.29, 0.717) is 6.54 Å². The summed E-state index contributed by atoms with van der Waals surface area (Å²) in [6, 6.07) is 0. The average molecular weight is 291 g/mol. The predicted molar refractivity (Wildman–Crippen MR) is 84.0 cm³/mol. The monoisotopic (exact) mass is 291 g/mol. The Kier molecular flexibility index (Phi) is 4.65. The van der Waals surface area contributed by atoms with Gasteiger partial charge in [0.2, 0.25) is 0 Å². The molecular weight excluding hydrogens is 262 g/mol. The average Bonchev–Trinajstić information content (AvgIpc) is 3.14. The first-order valence-electron chi connectivity index (χ1n) is 8.53. The molecule has 0 spiro atoms. The standard InChI is InChI=1S/C17H29N3O/c1-12-17(13(2)20(19-12)7-8-21)11-18-6-5-16-10-14-3-4-15(16)9-14/h14-16,18,21H,3-11H2,1-2H3. The number of rotatable bonds is 7. The minimum Gasteiger partial charge on any atom is -0.394 e. The Hall–Kier alpha value is -0.870. The van der Waals surface area contributed by atoms with E-state index in [4.69, 9.17) is 5.11 Å². The molecule has 2 fully saturated rings. The number of hydrogen-bond donors (Lipinski definition) is 2. The lowest BCUT2D eigenvalue weighted by Gasteiger charge is -2.21. The summed E-state index contributed by atoms with van der Waals surface area (Å²) in [5, 5.41) is 17.2. The quantitative estimate of drug-likeness (QED) is 0.759. The van der Waals surface area contributed by atoms with Crippen molar-refractivity contribution in [3.05, 3.63) is 17.0 Å². The maximum absolute atomic E-state index is 9.05. The van der Waals surface area contributed by atoms with Gasteiger partial charge in [0.05, 0.1) is 18.8 Å². The molecule has 3 atom stereocenters. The summed E-state index contributed by atoms with van der Waals surface area (Å²) in [4.78, 5) is 0. The van der Waals surface area contributed by atoms with Gasteiger partial charge in [-0.2, -0.15) is 5.10 Å². The molecule has 4 nitrogen and oxygen atoms in total. The minimum atomic E-state index is 0.152. The molecule has 2 saturated carbocycles. The highest BCUT2D eigenvalue weighted by Gasteiger charge is 2.38. The Balaban J connectivity index is 1.45. The number of aryl methyl sites for hydroxylation is 1. The molecule has 0 aliphatic heterocycles. The molecule has 1 aromatic rings. The molecule has 2 N–H and O–H groups in total. The maximum Gasteiger partial charge on any atom is 0.0644 e. The van der Waals surface area contributed by atoms with Gasteiger partial charge >= 0.3 is 0 Å². The van der Waals surface area contributed by atoms with Crippen LogP contribution >= 0.6 is 0 Å². The number of hydrogen-bond acceptors (Lipinski definition) is 3. The zero-order chi connectivity index (χ0) is 14.8. The van der Waals surface area contributed by atoms with Crippen molar-refractivity contribution in [3.8, 4) is 0 Å². The van der Waals surface area contributed by atoms with Crippen molar-refractivity contribution in [1.29, 1.82) is 0 Å². The second kappa shape index (κ2) is 6.49. The van der Waals surface area contributed by atoms with Crippen LogP contribution in [0, 0.1) is 31.6 Å². The Labute approximate surface area is 127 Å². The van der Waals surface area contributed by atoms with Gasteiger partial charge in [-0.05, 0) is 63.8 Å². The van der Waals surface area contributed by atoms with Gasteiger partial charge in [0.1, 0.15) is 0 Å².